The molecule has 2 aliphatic heterocycles. The van der Waals surface area contributed by atoms with Gasteiger partial charge in [0, 0.05) is 13.5 Å². The largest absolute Gasteiger partial charge is 0.493 e. The minimum absolute atomic E-state index is 0.135. The number of nitrogens with zero attached hydrogens (tertiary/aromatic N) is 1. The van der Waals surface area contributed by atoms with E-state index in [4.69, 9.17) is 14.2 Å². The van der Waals surface area contributed by atoms with Crippen molar-refractivity contribution in [1.82, 2.24) is 10.2 Å². The number of likely N-dealkylation sites (N-methyl/N-ethyl adjacent to an activating group) is 2. The maximum atomic E-state index is 13.5. The molecule has 0 radical (unpaired) electrons. The Morgan fingerprint density at radius 1 is 1.03 bits per heavy atom. The summed E-state index contributed by atoms with van der Waals surface area (Å²) in [5.74, 6) is 1.12. The van der Waals surface area contributed by atoms with Crippen LogP contribution in [-0.2, 0) is 33.8 Å². The summed E-state index contributed by atoms with van der Waals surface area (Å²) >= 11 is 0. The summed E-state index contributed by atoms with van der Waals surface area (Å²) in [4.78, 5) is 28.2. The molecule has 3 aromatic carbocycles. The van der Waals surface area contributed by atoms with Crippen LogP contribution in [0, 0.1) is 0 Å². The fourth-order valence-electron chi connectivity index (χ4n) is 4.12. The lowest BCUT2D eigenvalue weighted by atomic mass is 10.0. The van der Waals surface area contributed by atoms with Crippen LogP contribution in [0.15, 0.2) is 72.8 Å². The number of rotatable bonds is 5. The Balaban J connectivity index is 1.69. The zero-order chi connectivity index (χ0) is 24.8. The topological polar surface area (TPSA) is 77.1 Å². The van der Waals surface area contributed by atoms with Crippen molar-refractivity contribution >= 4 is 11.9 Å². The number of ether oxygens (including phenoxy) is 3. The lowest BCUT2D eigenvalue weighted by Crippen LogP contribution is -2.52. The number of carbonyl (C=O) groups is 2. The molecule has 35 heavy (non-hydrogen) atoms. The van der Waals surface area contributed by atoms with Gasteiger partial charge >= 0.3 is 5.97 Å². The van der Waals surface area contributed by atoms with Crippen molar-refractivity contribution in [2.24, 2.45) is 0 Å². The van der Waals surface area contributed by atoms with E-state index in [1.54, 1.807) is 27.3 Å². The lowest BCUT2D eigenvalue weighted by Gasteiger charge is -2.30. The molecule has 0 unspecified atom stereocenters. The quantitative estimate of drug-likeness (QED) is 0.568. The van der Waals surface area contributed by atoms with Crippen LogP contribution in [0.2, 0.25) is 0 Å². The van der Waals surface area contributed by atoms with Gasteiger partial charge in [-0.1, -0.05) is 48.5 Å². The number of nitrogens with one attached hydrogen (secondary N) is 1. The second-order valence-corrected chi connectivity index (χ2v) is 8.54. The summed E-state index contributed by atoms with van der Waals surface area (Å²) in [6, 6.07) is 21.3. The fourth-order valence-corrected chi connectivity index (χ4v) is 4.12. The van der Waals surface area contributed by atoms with Gasteiger partial charge in [-0.05, 0) is 54.4 Å². The molecule has 7 heteroatoms. The molecule has 0 fully saturated rings. The number of carbonyl (C=O) groups excluding carboxylic acids is 2. The summed E-state index contributed by atoms with van der Waals surface area (Å²) in [6.45, 7) is 0.135. The molecule has 2 heterocycles. The van der Waals surface area contributed by atoms with Crippen LogP contribution < -0.4 is 14.8 Å². The Morgan fingerprint density at radius 3 is 2.43 bits per heavy atom. The van der Waals surface area contributed by atoms with E-state index in [0.29, 0.717) is 23.7 Å². The first kappa shape index (κ1) is 24.3. The van der Waals surface area contributed by atoms with Crippen molar-refractivity contribution in [2.45, 2.75) is 31.5 Å². The van der Waals surface area contributed by atoms with Crippen molar-refractivity contribution in [3.8, 4) is 17.2 Å². The second kappa shape index (κ2) is 11.1. The molecule has 1 N–H and O–H groups in total. The molecule has 0 saturated carbocycles. The third-order valence-electron chi connectivity index (χ3n) is 6.21. The number of hydrogen-bond donors (Lipinski definition) is 1. The van der Waals surface area contributed by atoms with Crippen molar-refractivity contribution < 1.29 is 23.8 Å². The van der Waals surface area contributed by atoms with Gasteiger partial charge in [0.15, 0.2) is 11.5 Å². The Bertz CT molecular complexity index is 1160. The standard InChI is InChI=1S/C28H30N2O5/c1-29-23-15-19-9-12-22(13-10-19)35-26-17-21(11-14-25(26)33-3)16-24(30(2)27(23)31)28(32)34-18-20-7-5-4-6-8-20/h4-14,17,23-24,29H,15-16,18H2,1-3H3/t23-,24-/m0/s1. The zero-order valence-corrected chi connectivity index (χ0v) is 20.2. The summed E-state index contributed by atoms with van der Waals surface area (Å²) in [5, 5.41) is 3.10. The van der Waals surface area contributed by atoms with Gasteiger partial charge in [0.1, 0.15) is 18.4 Å². The third kappa shape index (κ3) is 5.81. The van der Waals surface area contributed by atoms with Gasteiger partial charge in [0.05, 0.1) is 13.2 Å². The summed E-state index contributed by atoms with van der Waals surface area (Å²) in [7, 11) is 4.98. The number of amides is 1. The predicted molar refractivity (Wildman–Crippen MR) is 133 cm³/mol. The van der Waals surface area contributed by atoms with Crippen molar-refractivity contribution in [1.29, 1.82) is 0 Å². The number of benzene rings is 3. The lowest BCUT2D eigenvalue weighted by molar-refractivity contribution is -0.155. The van der Waals surface area contributed by atoms with Crippen LogP contribution >= 0.6 is 0 Å². The van der Waals surface area contributed by atoms with E-state index in [1.807, 2.05) is 66.7 Å². The van der Waals surface area contributed by atoms with Gasteiger partial charge in [0.2, 0.25) is 5.91 Å². The molecule has 1 amide bonds. The van der Waals surface area contributed by atoms with Crippen LogP contribution in [0.4, 0.5) is 0 Å². The maximum absolute atomic E-state index is 13.5. The highest BCUT2D eigenvalue weighted by atomic mass is 16.5. The summed E-state index contributed by atoms with van der Waals surface area (Å²) in [6.07, 6.45) is 0.741. The molecule has 2 aliphatic rings. The Labute approximate surface area is 205 Å². The van der Waals surface area contributed by atoms with E-state index in [1.165, 1.54) is 4.90 Å². The molecule has 7 nitrogen and oxygen atoms in total. The monoisotopic (exact) mass is 474 g/mol. The molecule has 5 rings (SSSR count). The first-order valence-corrected chi connectivity index (χ1v) is 11.6. The van der Waals surface area contributed by atoms with Crippen LogP contribution in [-0.4, -0.2) is 50.1 Å². The van der Waals surface area contributed by atoms with Gasteiger partial charge in [-0.25, -0.2) is 4.79 Å². The number of hydrogen-bond acceptors (Lipinski definition) is 6. The van der Waals surface area contributed by atoms with Crippen molar-refractivity contribution in [3.63, 3.8) is 0 Å². The van der Waals surface area contributed by atoms with Gasteiger partial charge in [0.25, 0.3) is 0 Å². The highest BCUT2D eigenvalue weighted by Crippen LogP contribution is 2.33. The minimum atomic E-state index is -0.813. The normalized spacial score (nSPS) is 17.9. The molecule has 0 saturated heterocycles. The van der Waals surface area contributed by atoms with E-state index >= 15 is 0 Å². The van der Waals surface area contributed by atoms with Crippen molar-refractivity contribution in [3.05, 3.63) is 89.5 Å². The molecule has 182 valence electrons. The van der Waals surface area contributed by atoms with Crippen LogP contribution in [0.3, 0.4) is 0 Å². The average Bonchev–Trinajstić information content (AvgIpc) is 2.89. The molecular weight excluding hydrogens is 444 g/mol. The zero-order valence-electron chi connectivity index (χ0n) is 20.2. The molecule has 3 aromatic rings. The van der Waals surface area contributed by atoms with Crippen LogP contribution in [0.1, 0.15) is 16.7 Å². The Kier molecular flexibility index (Phi) is 7.67. The van der Waals surface area contributed by atoms with E-state index < -0.39 is 18.1 Å². The molecule has 0 spiro atoms. The first-order chi connectivity index (χ1) is 17.0. The first-order valence-electron chi connectivity index (χ1n) is 11.6. The van der Waals surface area contributed by atoms with E-state index in [2.05, 4.69) is 5.32 Å². The predicted octanol–water partition coefficient (Wildman–Crippen LogP) is 3.74. The summed E-state index contributed by atoms with van der Waals surface area (Å²) in [5.41, 5.74) is 2.67. The highest BCUT2D eigenvalue weighted by Gasteiger charge is 2.32. The molecule has 0 aliphatic carbocycles. The number of esters is 1. The van der Waals surface area contributed by atoms with Gasteiger partial charge in [-0.2, -0.15) is 0 Å². The molecular formula is C28H30N2O5. The smallest absolute Gasteiger partial charge is 0.329 e. The number of methoxy groups -OCH3 is 1. The summed E-state index contributed by atoms with van der Waals surface area (Å²) < 4.78 is 17.2. The van der Waals surface area contributed by atoms with Crippen LogP contribution in [0.5, 0.6) is 17.2 Å². The second-order valence-electron chi connectivity index (χ2n) is 8.54. The number of fused-ring (bicyclic) bond motifs is 7. The molecule has 2 atom stereocenters. The van der Waals surface area contributed by atoms with Crippen molar-refractivity contribution in [2.75, 3.05) is 21.2 Å². The SMILES string of the molecule is CN[C@H]1Cc2ccc(cc2)Oc2cc(ccc2OC)C[C@@H](C(=O)OCc2ccccc2)N(C)C1=O. The van der Waals surface area contributed by atoms with Gasteiger partial charge in [-0.15, -0.1) is 0 Å². The van der Waals surface area contributed by atoms with Crippen LogP contribution in [0.25, 0.3) is 0 Å². The van der Waals surface area contributed by atoms with Gasteiger partial charge < -0.3 is 24.4 Å². The Hall–Kier alpha value is -3.84. The van der Waals surface area contributed by atoms with E-state index in [-0.39, 0.29) is 18.9 Å². The van der Waals surface area contributed by atoms with E-state index in [9.17, 15) is 9.59 Å². The van der Waals surface area contributed by atoms with Gasteiger partial charge in [-0.3, -0.25) is 4.79 Å². The molecule has 4 bridgehead atoms. The maximum Gasteiger partial charge on any atom is 0.329 e. The minimum Gasteiger partial charge on any atom is -0.493 e. The third-order valence-corrected chi connectivity index (χ3v) is 6.21. The highest BCUT2D eigenvalue weighted by molar-refractivity contribution is 5.88. The average molecular weight is 475 g/mol. The Morgan fingerprint density at radius 2 is 1.74 bits per heavy atom. The fraction of sp³-hybridized carbons (Fsp3) is 0.286. The molecule has 0 aromatic heterocycles. The van der Waals surface area contributed by atoms with E-state index in [0.717, 1.165) is 16.7 Å².